The van der Waals surface area contributed by atoms with Gasteiger partial charge in [0.2, 0.25) is 0 Å². The number of nitrogens with one attached hydrogen (secondary N) is 1. The molecule has 0 saturated carbocycles. The van der Waals surface area contributed by atoms with Crippen molar-refractivity contribution in [1.82, 2.24) is 10.2 Å². The van der Waals surface area contributed by atoms with Crippen LogP contribution in [0.4, 0.5) is 5.69 Å². The number of para-hydroxylation sites is 1. The van der Waals surface area contributed by atoms with E-state index in [0.29, 0.717) is 5.56 Å². The fraction of sp³-hybridized carbons (Fsp3) is 0.176. The van der Waals surface area contributed by atoms with Gasteiger partial charge in [-0.15, -0.1) is 0 Å². The van der Waals surface area contributed by atoms with Crippen LogP contribution in [0.15, 0.2) is 48.7 Å². The van der Waals surface area contributed by atoms with Gasteiger partial charge in [0.15, 0.2) is 0 Å². The molecule has 0 aliphatic carbocycles. The molecule has 104 valence electrons. The van der Waals surface area contributed by atoms with E-state index in [2.05, 4.69) is 23.2 Å². The summed E-state index contributed by atoms with van der Waals surface area (Å²) in [5.74, 6) is 0.0514. The fourth-order valence-electron chi connectivity index (χ4n) is 3.09. The third kappa shape index (κ3) is 1.83. The lowest BCUT2D eigenvalue weighted by molar-refractivity contribution is 0.0981. The maximum Gasteiger partial charge on any atom is 0.258 e. The van der Waals surface area contributed by atoms with Crippen LogP contribution in [0.25, 0.3) is 10.9 Å². The number of hydrogen-bond donors (Lipinski definition) is 1. The van der Waals surface area contributed by atoms with E-state index >= 15 is 0 Å². The lowest BCUT2D eigenvalue weighted by Crippen LogP contribution is -2.35. The third-order valence-corrected chi connectivity index (χ3v) is 4.11. The number of anilines is 1. The molecule has 4 heteroatoms. The highest BCUT2D eigenvalue weighted by Crippen LogP contribution is 2.33. The Kier molecular flexibility index (Phi) is 2.57. The van der Waals surface area contributed by atoms with Gasteiger partial charge < -0.3 is 4.90 Å². The number of rotatable bonds is 1. The van der Waals surface area contributed by atoms with Crippen LogP contribution in [0.3, 0.4) is 0 Å². The molecule has 21 heavy (non-hydrogen) atoms. The molecule has 0 saturated heterocycles. The number of nitrogens with zero attached hydrogens (tertiary/aromatic N) is 2. The highest BCUT2D eigenvalue weighted by atomic mass is 16.2. The van der Waals surface area contributed by atoms with Gasteiger partial charge in [0.25, 0.3) is 5.91 Å². The van der Waals surface area contributed by atoms with Gasteiger partial charge in [-0.25, -0.2) is 0 Å². The fourth-order valence-corrected chi connectivity index (χ4v) is 3.09. The molecule has 0 fully saturated rings. The van der Waals surface area contributed by atoms with Crippen LogP contribution < -0.4 is 4.90 Å². The molecule has 4 nitrogen and oxygen atoms in total. The minimum Gasteiger partial charge on any atom is -0.305 e. The molecule has 2 heterocycles. The van der Waals surface area contributed by atoms with Crippen molar-refractivity contribution in [2.75, 3.05) is 4.90 Å². The van der Waals surface area contributed by atoms with Crippen molar-refractivity contribution in [2.24, 2.45) is 0 Å². The number of carbonyl (C=O) groups is 1. The zero-order chi connectivity index (χ0) is 14.4. The Balaban J connectivity index is 1.77. The van der Waals surface area contributed by atoms with E-state index in [9.17, 15) is 4.79 Å². The lowest BCUT2D eigenvalue weighted by atomic mass is 10.1. The molecule has 0 bridgehead atoms. The molecule has 1 aromatic heterocycles. The van der Waals surface area contributed by atoms with Gasteiger partial charge in [-0.1, -0.05) is 18.2 Å². The third-order valence-electron chi connectivity index (χ3n) is 4.11. The summed E-state index contributed by atoms with van der Waals surface area (Å²) in [5, 5.41) is 7.86. The zero-order valence-electron chi connectivity index (χ0n) is 11.7. The highest BCUT2D eigenvalue weighted by molar-refractivity contribution is 6.09. The number of aromatic nitrogens is 2. The average molecular weight is 277 g/mol. The first-order chi connectivity index (χ1) is 10.2. The van der Waals surface area contributed by atoms with Crippen LogP contribution in [0.2, 0.25) is 0 Å². The number of carbonyl (C=O) groups excluding carboxylic acids is 1. The first-order valence-corrected chi connectivity index (χ1v) is 7.08. The summed E-state index contributed by atoms with van der Waals surface area (Å²) in [4.78, 5) is 14.8. The maximum atomic E-state index is 12.9. The van der Waals surface area contributed by atoms with Crippen molar-refractivity contribution in [3.8, 4) is 0 Å². The van der Waals surface area contributed by atoms with Crippen LogP contribution in [0.1, 0.15) is 22.8 Å². The smallest absolute Gasteiger partial charge is 0.258 e. The van der Waals surface area contributed by atoms with E-state index in [1.165, 1.54) is 5.56 Å². The summed E-state index contributed by atoms with van der Waals surface area (Å²) in [6.07, 6.45) is 2.66. The Labute approximate surface area is 122 Å². The molecule has 0 radical (unpaired) electrons. The van der Waals surface area contributed by atoms with Crippen molar-refractivity contribution in [2.45, 2.75) is 19.4 Å². The highest BCUT2D eigenvalue weighted by Gasteiger charge is 2.31. The van der Waals surface area contributed by atoms with E-state index < -0.39 is 0 Å². The first-order valence-electron chi connectivity index (χ1n) is 7.08. The number of H-pyrrole nitrogens is 1. The van der Waals surface area contributed by atoms with Crippen molar-refractivity contribution >= 4 is 22.5 Å². The number of benzene rings is 2. The lowest BCUT2D eigenvalue weighted by Gasteiger charge is -2.22. The summed E-state index contributed by atoms with van der Waals surface area (Å²) < 4.78 is 0. The molecule has 1 amide bonds. The van der Waals surface area contributed by atoms with Gasteiger partial charge in [0.05, 0.1) is 11.7 Å². The van der Waals surface area contributed by atoms with Gasteiger partial charge >= 0.3 is 0 Å². The zero-order valence-corrected chi connectivity index (χ0v) is 11.7. The van der Waals surface area contributed by atoms with E-state index in [1.54, 1.807) is 6.20 Å². The molecule has 2 aromatic carbocycles. The second-order valence-corrected chi connectivity index (χ2v) is 5.53. The minimum atomic E-state index is 0.0514. The molecule has 1 aliphatic rings. The monoisotopic (exact) mass is 277 g/mol. The Bertz CT molecular complexity index is 837. The van der Waals surface area contributed by atoms with E-state index in [0.717, 1.165) is 23.0 Å². The van der Waals surface area contributed by atoms with Crippen LogP contribution in [0.5, 0.6) is 0 Å². The van der Waals surface area contributed by atoms with Crippen molar-refractivity contribution in [1.29, 1.82) is 0 Å². The van der Waals surface area contributed by atoms with E-state index in [4.69, 9.17) is 0 Å². The Morgan fingerprint density at radius 1 is 1.29 bits per heavy atom. The molecule has 1 aliphatic heterocycles. The Morgan fingerprint density at radius 3 is 3.05 bits per heavy atom. The second kappa shape index (κ2) is 4.45. The van der Waals surface area contributed by atoms with Gasteiger partial charge in [0, 0.05) is 22.7 Å². The van der Waals surface area contributed by atoms with E-state index in [1.807, 2.05) is 41.3 Å². The number of aromatic amines is 1. The van der Waals surface area contributed by atoms with Crippen molar-refractivity contribution in [3.05, 3.63) is 59.8 Å². The Hall–Kier alpha value is -2.62. The van der Waals surface area contributed by atoms with Gasteiger partial charge in [-0.3, -0.25) is 9.89 Å². The van der Waals surface area contributed by atoms with Gasteiger partial charge in [-0.05, 0) is 43.2 Å². The van der Waals surface area contributed by atoms with E-state index in [-0.39, 0.29) is 11.9 Å². The number of hydrogen-bond acceptors (Lipinski definition) is 2. The summed E-state index contributed by atoms with van der Waals surface area (Å²) in [5.41, 5.74) is 3.92. The molecule has 1 atom stereocenters. The van der Waals surface area contributed by atoms with Crippen LogP contribution >= 0.6 is 0 Å². The van der Waals surface area contributed by atoms with Crippen LogP contribution in [0, 0.1) is 0 Å². The average Bonchev–Trinajstić information content (AvgIpc) is 3.08. The molecule has 4 rings (SSSR count). The van der Waals surface area contributed by atoms with Crippen LogP contribution in [-0.2, 0) is 6.42 Å². The predicted octanol–water partition coefficient (Wildman–Crippen LogP) is 3.15. The predicted molar refractivity (Wildman–Crippen MR) is 82.5 cm³/mol. The van der Waals surface area contributed by atoms with Crippen molar-refractivity contribution < 1.29 is 4.79 Å². The Morgan fingerprint density at radius 2 is 2.14 bits per heavy atom. The number of fused-ring (bicyclic) bond motifs is 2. The molecule has 1 N–H and O–H groups in total. The standard InChI is InChI=1S/C17H15N3O/c1-11-8-12-4-2-3-5-16(12)20(11)17(21)13-6-7-15-14(9-13)10-18-19-15/h2-7,9-11H,8H2,1H3,(H,18,19). The van der Waals surface area contributed by atoms with Crippen molar-refractivity contribution in [3.63, 3.8) is 0 Å². The summed E-state index contributed by atoms with van der Waals surface area (Å²) >= 11 is 0. The molecular weight excluding hydrogens is 262 g/mol. The second-order valence-electron chi connectivity index (χ2n) is 5.53. The molecule has 3 aromatic rings. The van der Waals surface area contributed by atoms with Gasteiger partial charge in [0.1, 0.15) is 0 Å². The van der Waals surface area contributed by atoms with Crippen LogP contribution in [-0.4, -0.2) is 22.1 Å². The summed E-state index contributed by atoms with van der Waals surface area (Å²) in [7, 11) is 0. The maximum absolute atomic E-state index is 12.9. The normalized spacial score (nSPS) is 17.2. The van der Waals surface area contributed by atoms with Gasteiger partial charge in [-0.2, -0.15) is 5.10 Å². The molecular formula is C17H15N3O. The molecule has 0 spiro atoms. The summed E-state index contributed by atoms with van der Waals surface area (Å²) in [6, 6.07) is 14.0. The largest absolute Gasteiger partial charge is 0.305 e. The topological polar surface area (TPSA) is 49.0 Å². The quantitative estimate of drug-likeness (QED) is 0.742. The SMILES string of the molecule is CC1Cc2ccccc2N1C(=O)c1ccc2[nH]ncc2c1. The number of amides is 1. The summed E-state index contributed by atoms with van der Waals surface area (Å²) in [6.45, 7) is 2.09. The molecule has 1 unspecified atom stereocenters. The minimum absolute atomic E-state index is 0.0514. The first kappa shape index (κ1) is 12.1.